The van der Waals surface area contributed by atoms with E-state index in [0.717, 1.165) is 16.5 Å². The lowest BCUT2D eigenvalue weighted by Crippen LogP contribution is -2.13. The molecule has 0 aliphatic rings. The van der Waals surface area contributed by atoms with Crippen LogP contribution in [0.15, 0.2) is 51.7 Å². The summed E-state index contributed by atoms with van der Waals surface area (Å²) in [6.45, 7) is 6.42. The van der Waals surface area contributed by atoms with Crippen molar-refractivity contribution >= 4 is 22.6 Å². The number of para-hydroxylation sites is 1. The molecular weight excluding hydrogens is 370 g/mol. The molecule has 0 unspecified atom stereocenters. The average Bonchev–Trinajstić information content (AvgIpc) is 2.69. The minimum Gasteiger partial charge on any atom is -0.457 e. The van der Waals surface area contributed by atoms with E-state index in [-0.39, 0.29) is 13.2 Å². The predicted molar refractivity (Wildman–Crippen MR) is 112 cm³/mol. The Morgan fingerprint density at radius 3 is 2.69 bits per heavy atom. The first-order valence-electron chi connectivity index (χ1n) is 9.59. The van der Waals surface area contributed by atoms with E-state index in [2.05, 4.69) is 19.2 Å². The summed E-state index contributed by atoms with van der Waals surface area (Å²) >= 11 is 0. The molecule has 0 aliphatic carbocycles. The molecule has 1 aromatic heterocycles. The number of carbonyl (C=O) groups excluding carboxylic acids is 1. The van der Waals surface area contributed by atoms with Crippen molar-refractivity contribution in [1.29, 1.82) is 0 Å². The SMILES string of the molecule is Cc1cc2oc(=O)cc(COC(=O)c3ccccc3NCCO)c2cc1C(C)C. The van der Waals surface area contributed by atoms with Gasteiger partial charge in [-0.05, 0) is 48.2 Å². The molecule has 3 aromatic rings. The summed E-state index contributed by atoms with van der Waals surface area (Å²) < 4.78 is 10.8. The van der Waals surface area contributed by atoms with E-state index in [1.165, 1.54) is 6.07 Å². The number of aryl methyl sites for hydroxylation is 1. The van der Waals surface area contributed by atoms with Crippen LogP contribution in [0.2, 0.25) is 0 Å². The number of benzene rings is 2. The van der Waals surface area contributed by atoms with Gasteiger partial charge in [0.1, 0.15) is 12.2 Å². The Bertz CT molecular complexity index is 1080. The van der Waals surface area contributed by atoms with Crippen LogP contribution >= 0.6 is 0 Å². The maximum atomic E-state index is 12.6. The number of hydrogen-bond acceptors (Lipinski definition) is 6. The summed E-state index contributed by atoms with van der Waals surface area (Å²) in [6.07, 6.45) is 0. The van der Waals surface area contributed by atoms with Gasteiger partial charge in [-0.3, -0.25) is 0 Å². The molecule has 0 saturated carbocycles. The van der Waals surface area contributed by atoms with Crippen molar-refractivity contribution in [2.75, 3.05) is 18.5 Å². The van der Waals surface area contributed by atoms with Gasteiger partial charge in [0.2, 0.25) is 0 Å². The van der Waals surface area contributed by atoms with Crippen LogP contribution in [0.25, 0.3) is 11.0 Å². The molecule has 152 valence electrons. The molecule has 0 fully saturated rings. The van der Waals surface area contributed by atoms with Gasteiger partial charge in [-0.25, -0.2) is 9.59 Å². The second-order valence-electron chi connectivity index (χ2n) is 7.22. The molecule has 1 heterocycles. The minimum absolute atomic E-state index is 0.0458. The Morgan fingerprint density at radius 1 is 1.21 bits per heavy atom. The van der Waals surface area contributed by atoms with Crippen molar-refractivity contribution in [1.82, 2.24) is 0 Å². The molecule has 0 amide bonds. The van der Waals surface area contributed by atoms with Gasteiger partial charge in [0.15, 0.2) is 0 Å². The van der Waals surface area contributed by atoms with Crippen molar-refractivity contribution in [2.24, 2.45) is 0 Å². The molecule has 0 saturated heterocycles. The Labute approximate surface area is 169 Å². The third-order valence-electron chi connectivity index (χ3n) is 4.77. The van der Waals surface area contributed by atoms with E-state index in [4.69, 9.17) is 14.3 Å². The number of anilines is 1. The van der Waals surface area contributed by atoms with Crippen LogP contribution in [0.3, 0.4) is 0 Å². The van der Waals surface area contributed by atoms with Crippen LogP contribution in [0, 0.1) is 6.92 Å². The number of nitrogens with one attached hydrogen (secondary N) is 1. The number of rotatable bonds is 7. The summed E-state index contributed by atoms with van der Waals surface area (Å²) in [5.41, 5.74) is 3.76. The number of fused-ring (bicyclic) bond motifs is 1. The van der Waals surface area contributed by atoms with E-state index in [1.807, 2.05) is 19.1 Å². The largest absolute Gasteiger partial charge is 0.457 e. The number of aliphatic hydroxyl groups excluding tert-OH is 1. The number of esters is 1. The molecule has 2 N–H and O–H groups in total. The van der Waals surface area contributed by atoms with Crippen LogP contribution in [0.4, 0.5) is 5.69 Å². The van der Waals surface area contributed by atoms with Gasteiger partial charge in [0, 0.05) is 29.2 Å². The van der Waals surface area contributed by atoms with E-state index in [1.54, 1.807) is 24.3 Å². The Morgan fingerprint density at radius 2 is 1.97 bits per heavy atom. The third-order valence-corrected chi connectivity index (χ3v) is 4.77. The first-order chi connectivity index (χ1) is 13.9. The fourth-order valence-electron chi connectivity index (χ4n) is 3.36. The van der Waals surface area contributed by atoms with Gasteiger partial charge < -0.3 is 19.6 Å². The quantitative estimate of drug-likeness (QED) is 0.465. The van der Waals surface area contributed by atoms with Crippen molar-refractivity contribution in [3.8, 4) is 0 Å². The normalized spacial score (nSPS) is 11.1. The smallest absolute Gasteiger partial charge is 0.340 e. The van der Waals surface area contributed by atoms with Gasteiger partial charge in [0.25, 0.3) is 0 Å². The van der Waals surface area contributed by atoms with Gasteiger partial charge in [-0.2, -0.15) is 0 Å². The molecule has 2 aromatic carbocycles. The highest BCUT2D eigenvalue weighted by molar-refractivity contribution is 5.95. The van der Waals surface area contributed by atoms with Crippen molar-refractivity contribution < 1.29 is 19.1 Å². The van der Waals surface area contributed by atoms with Gasteiger partial charge in [0.05, 0.1) is 12.2 Å². The maximum Gasteiger partial charge on any atom is 0.340 e. The summed E-state index contributed by atoms with van der Waals surface area (Å²) in [5, 5.41) is 12.8. The summed E-state index contributed by atoms with van der Waals surface area (Å²) in [7, 11) is 0. The number of hydrogen-bond donors (Lipinski definition) is 2. The number of aliphatic hydroxyl groups is 1. The van der Waals surface area contributed by atoms with Gasteiger partial charge >= 0.3 is 11.6 Å². The van der Waals surface area contributed by atoms with Gasteiger partial charge in [-0.15, -0.1) is 0 Å². The zero-order valence-electron chi connectivity index (χ0n) is 16.8. The molecule has 0 aliphatic heterocycles. The fourth-order valence-corrected chi connectivity index (χ4v) is 3.36. The molecular formula is C23H25NO5. The summed E-state index contributed by atoms with van der Waals surface area (Å²) in [6, 6.07) is 12.2. The summed E-state index contributed by atoms with van der Waals surface area (Å²) in [4.78, 5) is 24.6. The van der Waals surface area contributed by atoms with Gasteiger partial charge in [-0.1, -0.05) is 26.0 Å². The van der Waals surface area contributed by atoms with Crippen LogP contribution < -0.4 is 10.9 Å². The Balaban J connectivity index is 1.90. The van der Waals surface area contributed by atoms with E-state index in [0.29, 0.717) is 34.9 Å². The molecule has 0 spiro atoms. The predicted octanol–water partition coefficient (Wildman–Crippen LogP) is 3.99. The molecule has 0 radical (unpaired) electrons. The first kappa shape index (κ1) is 20.6. The Kier molecular flexibility index (Phi) is 6.34. The van der Waals surface area contributed by atoms with Crippen LogP contribution in [-0.2, 0) is 11.3 Å². The van der Waals surface area contributed by atoms with Crippen molar-refractivity contribution in [3.05, 3.63) is 75.1 Å². The number of carbonyl (C=O) groups is 1. The van der Waals surface area contributed by atoms with E-state index >= 15 is 0 Å². The summed E-state index contributed by atoms with van der Waals surface area (Å²) in [5.74, 6) is -0.199. The monoisotopic (exact) mass is 395 g/mol. The number of ether oxygens (including phenoxy) is 1. The zero-order valence-corrected chi connectivity index (χ0v) is 16.8. The van der Waals surface area contributed by atoms with Crippen LogP contribution in [0.5, 0.6) is 0 Å². The van der Waals surface area contributed by atoms with Crippen molar-refractivity contribution in [3.63, 3.8) is 0 Å². The molecule has 6 heteroatoms. The molecule has 0 bridgehead atoms. The second kappa shape index (κ2) is 8.92. The second-order valence-corrected chi connectivity index (χ2v) is 7.22. The van der Waals surface area contributed by atoms with Crippen molar-refractivity contribution in [2.45, 2.75) is 33.3 Å². The highest BCUT2D eigenvalue weighted by atomic mass is 16.5. The lowest BCUT2D eigenvalue weighted by molar-refractivity contribution is 0.0475. The maximum absolute atomic E-state index is 12.6. The zero-order chi connectivity index (χ0) is 21.0. The minimum atomic E-state index is -0.511. The highest BCUT2D eigenvalue weighted by Gasteiger charge is 2.15. The average molecular weight is 395 g/mol. The van der Waals surface area contributed by atoms with Crippen LogP contribution in [-0.4, -0.2) is 24.2 Å². The lowest BCUT2D eigenvalue weighted by Gasteiger charge is -2.14. The highest BCUT2D eigenvalue weighted by Crippen LogP contribution is 2.27. The lowest BCUT2D eigenvalue weighted by atomic mass is 9.95. The van der Waals surface area contributed by atoms with Crippen LogP contribution in [0.1, 0.15) is 46.8 Å². The van der Waals surface area contributed by atoms with E-state index in [9.17, 15) is 9.59 Å². The molecule has 3 rings (SSSR count). The topological polar surface area (TPSA) is 88.8 Å². The van der Waals surface area contributed by atoms with E-state index < -0.39 is 11.6 Å². The first-order valence-corrected chi connectivity index (χ1v) is 9.59. The third kappa shape index (κ3) is 4.66. The molecule has 6 nitrogen and oxygen atoms in total. The molecule has 29 heavy (non-hydrogen) atoms. The fraction of sp³-hybridized carbons (Fsp3) is 0.304. The standard InChI is InChI=1S/C23H25NO5/c1-14(2)18-12-19-16(11-22(26)29-21(19)10-15(18)3)13-28-23(27)17-6-4-5-7-20(17)24-8-9-25/h4-7,10-12,14,24-25H,8-9,13H2,1-3H3. The molecule has 0 atom stereocenters. The Hall–Kier alpha value is -3.12.